The molecule has 1 aromatic heterocycles. The topological polar surface area (TPSA) is 99.8 Å². The molecule has 0 amide bonds. The van der Waals surface area contributed by atoms with Gasteiger partial charge in [0.25, 0.3) is 0 Å². The second-order valence-electron chi connectivity index (χ2n) is 9.93. The van der Waals surface area contributed by atoms with Gasteiger partial charge in [-0.2, -0.15) is 0 Å². The molecule has 0 spiro atoms. The maximum Gasteiger partial charge on any atom is 0.169 e. The molecule has 36 heavy (non-hydrogen) atoms. The first kappa shape index (κ1) is 22.8. The van der Waals surface area contributed by atoms with E-state index in [2.05, 4.69) is 25.3 Å². The highest BCUT2D eigenvalue weighted by molar-refractivity contribution is 5.74. The monoisotopic (exact) mass is 490 g/mol. The van der Waals surface area contributed by atoms with Crippen LogP contribution in [-0.4, -0.2) is 59.7 Å². The standard InChI is InChI=1S/C27H31FN6O2/c28-17-11-20(13-22(12-17)36-21-7-9-30-10-8-21)34-18-5-6-19(34)16-33(15-18)25-14-24(31-32-27(25)29)23-3-1-2-4-26(23)35/h1-4,11-14,18-19,21,30,35H,5-10,15-16H2,(H2,29,32)/t18-,19+. The quantitative estimate of drug-likeness (QED) is 0.499. The summed E-state index contributed by atoms with van der Waals surface area (Å²) in [6.07, 6.45) is 4.02. The van der Waals surface area contributed by atoms with Crippen LogP contribution < -0.4 is 25.6 Å². The Morgan fingerprint density at radius 2 is 1.72 bits per heavy atom. The lowest BCUT2D eigenvalue weighted by atomic mass is 10.1. The first-order valence-corrected chi connectivity index (χ1v) is 12.7. The predicted molar refractivity (Wildman–Crippen MR) is 138 cm³/mol. The molecule has 0 aliphatic carbocycles. The lowest BCUT2D eigenvalue weighted by Gasteiger charge is -2.43. The summed E-state index contributed by atoms with van der Waals surface area (Å²) in [7, 11) is 0. The molecule has 2 bridgehead atoms. The molecule has 6 rings (SSSR count). The number of anilines is 3. The summed E-state index contributed by atoms with van der Waals surface area (Å²) in [6.45, 7) is 3.34. The van der Waals surface area contributed by atoms with Gasteiger partial charge in [0.15, 0.2) is 5.82 Å². The number of piperazine rings is 1. The van der Waals surface area contributed by atoms with Crippen molar-refractivity contribution >= 4 is 17.2 Å². The zero-order valence-corrected chi connectivity index (χ0v) is 20.1. The molecule has 3 aliphatic heterocycles. The van der Waals surface area contributed by atoms with Crippen LogP contribution in [0.25, 0.3) is 11.3 Å². The molecule has 8 nitrogen and oxygen atoms in total. The Morgan fingerprint density at radius 1 is 0.972 bits per heavy atom. The van der Waals surface area contributed by atoms with E-state index in [1.165, 1.54) is 6.07 Å². The van der Waals surface area contributed by atoms with Crippen molar-refractivity contribution in [2.75, 3.05) is 41.7 Å². The van der Waals surface area contributed by atoms with Crippen molar-refractivity contribution in [2.24, 2.45) is 0 Å². The Kier molecular flexibility index (Phi) is 6.00. The van der Waals surface area contributed by atoms with Gasteiger partial charge in [0.1, 0.15) is 23.4 Å². The van der Waals surface area contributed by atoms with Crippen LogP contribution in [-0.2, 0) is 0 Å². The molecule has 2 atom stereocenters. The Hall–Kier alpha value is -3.59. The average molecular weight is 491 g/mol. The molecule has 188 valence electrons. The number of rotatable bonds is 5. The lowest BCUT2D eigenvalue weighted by Crippen LogP contribution is -2.54. The fourth-order valence-corrected chi connectivity index (χ4v) is 5.86. The molecule has 4 heterocycles. The molecule has 0 unspecified atom stereocenters. The van der Waals surface area contributed by atoms with Crippen molar-refractivity contribution in [3.63, 3.8) is 0 Å². The number of hydrogen-bond donors (Lipinski definition) is 3. The number of aromatic hydroxyl groups is 1. The number of nitrogens with one attached hydrogen (secondary N) is 1. The predicted octanol–water partition coefficient (Wildman–Crippen LogP) is 3.56. The van der Waals surface area contributed by atoms with Gasteiger partial charge in [-0.05, 0) is 63.0 Å². The van der Waals surface area contributed by atoms with Crippen molar-refractivity contribution in [3.05, 3.63) is 54.3 Å². The van der Waals surface area contributed by atoms with Gasteiger partial charge in [0.05, 0.1) is 11.4 Å². The van der Waals surface area contributed by atoms with E-state index in [9.17, 15) is 9.50 Å². The minimum atomic E-state index is -0.270. The SMILES string of the molecule is Nc1nnc(-c2ccccc2O)cc1N1C[C@H]2CC[C@@H](C1)N2c1cc(F)cc(OC2CCNCC2)c1. The number of ether oxygens (including phenoxy) is 1. The molecule has 3 aliphatic rings. The highest BCUT2D eigenvalue weighted by Gasteiger charge is 2.41. The zero-order chi connectivity index (χ0) is 24.6. The molecule has 4 N–H and O–H groups in total. The van der Waals surface area contributed by atoms with Gasteiger partial charge in [-0.3, -0.25) is 0 Å². The van der Waals surface area contributed by atoms with Gasteiger partial charge in [0.2, 0.25) is 0 Å². The van der Waals surface area contributed by atoms with Crippen molar-refractivity contribution in [3.8, 4) is 22.8 Å². The molecule has 0 saturated carbocycles. The van der Waals surface area contributed by atoms with E-state index in [1.807, 2.05) is 24.3 Å². The van der Waals surface area contributed by atoms with Gasteiger partial charge < -0.3 is 30.7 Å². The normalized spacial score (nSPS) is 22.1. The molecule has 3 saturated heterocycles. The number of nitrogens with zero attached hydrogens (tertiary/aromatic N) is 4. The molecular weight excluding hydrogens is 459 g/mol. The maximum absolute atomic E-state index is 14.7. The number of benzene rings is 2. The third-order valence-corrected chi connectivity index (χ3v) is 7.55. The van der Waals surface area contributed by atoms with Gasteiger partial charge >= 0.3 is 0 Å². The van der Waals surface area contributed by atoms with Crippen molar-refractivity contribution in [1.29, 1.82) is 0 Å². The average Bonchev–Trinajstić information content (AvgIpc) is 3.14. The summed E-state index contributed by atoms with van der Waals surface area (Å²) in [4.78, 5) is 4.60. The highest BCUT2D eigenvalue weighted by atomic mass is 19.1. The number of halogens is 1. The second-order valence-corrected chi connectivity index (χ2v) is 9.93. The van der Waals surface area contributed by atoms with Crippen molar-refractivity contribution < 1.29 is 14.2 Å². The van der Waals surface area contributed by atoms with Gasteiger partial charge in [-0.25, -0.2) is 4.39 Å². The van der Waals surface area contributed by atoms with Gasteiger partial charge in [-0.15, -0.1) is 10.2 Å². The third kappa shape index (κ3) is 4.39. The van der Waals surface area contributed by atoms with Crippen LogP contribution in [0, 0.1) is 5.82 Å². The molecule has 3 fully saturated rings. The van der Waals surface area contributed by atoms with Crippen LogP contribution in [0.4, 0.5) is 21.6 Å². The molecule has 9 heteroatoms. The van der Waals surface area contributed by atoms with E-state index in [1.54, 1.807) is 18.2 Å². The van der Waals surface area contributed by atoms with Gasteiger partial charge in [0, 0.05) is 48.6 Å². The first-order chi connectivity index (χ1) is 17.5. The molecule has 0 radical (unpaired) electrons. The smallest absolute Gasteiger partial charge is 0.169 e. The van der Waals surface area contributed by atoms with Crippen molar-refractivity contribution in [2.45, 2.75) is 43.9 Å². The van der Waals surface area contributed by atoms with Crippen LogP contribution in [0.15, 0.2) is 48.5 Å². The summed E-state index contributed by atoms with van der Waals surface area (Å²) in [5.41, 5.74) is 9.15. The minimum absolute atomic E-state index is 0.120. The third-order valence-electron chi connectivity index (χ3n) is 7.55. The Labute approximate surface area is 209 Å². The fourth-order valence-electron chi connectivity index (χ4n) is 5.86. The van der Waals surface area contributed by atoms with Crippen LogP contribution in [0.1, 0.15) is 25.7 Å². The minimum Gasteiger partial charge on any atom is -0.507 e. The Balaban J connectivity index is 1.24. The number of nitrogen functional groups attached to an aromatic ring is 1. The zero-order valence-electron chi connectivity index (χ0n) is 20.1. The first-order valence-electron chi connectivity index (χ1n) is 12.7. The summed E-state index contributed by atoms with van der Waals surface area (Å²) >= 11 is 0. The fraction of sp³-hybridized carbons (Fsp3) is 0.407. The lowest BCUT2D eigenvalue weighted by molar-refractivity contribution is 0.162. The number of phenols is 1. The van der Waals surface area contributed by atoms with E-state index in [4.69, 9.17) is 10.5 Å². The number of fused-ring (bicyclic) bond motifs is 2. The van der Waals surface area contributed by atoms with E-state index >= 15 is 0 Å². The van der Waals surface area contributed by atoms with Gasteiger partial charge in [-0.1, -0.05) is 12.1 Å². The maximum atomic E-state index is 14.7. The van der Waals surface area contributed by atoms with E-state index in [-0.39, 0.29) is 29.8 Å². The second kappa shape index (κ2) is 9.46. The highest BCUT2D eigenvalue weighted by Crippen LogP contribution is 2.40. The number of piperidine rings is 1. The number of hydrogen-bond acceptors (Lipinski definition) is 8. The summed E-state index contributed by atoms with van der Waals surface area (Å²) in [6, 6.07) is 14.5. The number of para-hydroxylation sites is 1. The largest absolute Gasteiger partial charge is 0.507 e. The summed E-state index contributed by atoms with van der Waals surface area (Å²) in [5.74, 6) is 0.855. The van der Waals surface area contributed by atoms with Crippen LogP contribution in [0.2, 0.25) is 0 Å². The van der Waals surface area contributed by atoms with Crippen LogP contribution >= 0.6 is 0 Å². The number of nitrogens with two attached hydrogens (primary N) is 1. The molecular formula is C27H31FN6O2. The molecule has 3 aromatic rings. The summed E-state index contributed by atoms with van der Waals surface area (Å²) < 4.78 is 20.8. The summed E-state index contributed by atoms with van der Waals surface area (Å²) in [5, 5.41) is 22.0. The number of phenolic OH excluding ortho intramolecular Hbond substituents is 1. The van der Waals surface area contributed by atoms with Crippen LogP contribution in [0.5, 0.6) is 11.5 Å². The number of aromatic nitrogens is 2. The Bertz CT molecular complexity index is 1240. The van der Waals surface area contributed by atoms with Crippen LogP contribution in [0.3, 0.4) is 0 Å². The molecule has 2 aromatic carbocycles. The van der Waals surface area contributed by atoms with E-state index in [0.29, 0.717) is 22.8 Å². The Morgan fingerprint density at radius 3 is 2.47 bits per heavy atom. The van der Waals surface area contributed by atoms with E-state index < -0.39 is 0 Å². The van der Waals surface area contributed by atoms with Crippen molar-refractivity contribution in [1.82, 2.24) is 15.5 Å². The van der Waals surface area contributed by atoms with E-state index in [0.717, 1.165) is 63.2 Å².